The van der Waals surface area contributed by atoms with Crippen LogP contribution in [0.5, 0.6) is 0 Å². The molecule has 0 aliphatic carbocycles. The first-order valence-electron chi connectivity index (χ1n) is 5.10. The van der Waals surface area contributed by atoms with Gasteiger partial charge in [-0.05, 0) is 6.07 Å². The Labute approximate surface area is 99.3 Å². The number of nitrogens with zero attached hydrogens (tertiary/aromatic N) is 2. The van der Waals surface area contributed by atoms with Gasteiger partial charge in [0.25, 0.3) is 0 Å². The van der Waals surface area contributed by atoms with Crippen LogP contribution in [0.2, 0.25) is 0 Å². The molecule has 0 aliphatic heterocycles. The van der Waals surface area contributed by atoms with E-state index in [1.54, 1.807) is 6.07 Å². The molecule has 0 radical (unpaired) electrons. The second-order valence-corrected chi connectivity index (χ2v) is 3.72. The molecule has 2 heterocycles. The van der Waals surface area contributed by atoms with Crippen LogP contribution in [0.4, 0.5) is 13.2 Å². The van der Waals surface area contributed by atoms with Gasteiger partial charge in [0.1, 0.15) is 23.3 Å². The van der Waals surface area contributed by atoms with Crippen LogP contribution in [0.1, 0.15) is 0 Å². The lowest BCUT2D eigenvalue weighted by molar-refractivity contribution is 0.547. The summed E-state index contributed by atoms with van der Waals surface area (Å²) in [5.41, 5.74) is 0.700. The van der Waals surface area contributed by atoms with Crippen molar-refractivity contribution in [2.45, 2.75) is 0 Å². The van der Waals surface area contributed by atoms with Crippen LogP contribution in [0.25, 0.3) is 22.4 Å². The number of benzene rings is 1. The van der Waals surface area contributed by atoms with Crippen molar-refractivity contribution in [3.63, 3.8) is 0 Å². The monoisotopic (exact) mass is 249 g/mol. The normalized spacial score (nSPS) is 11.1. The predicted octanol–water partition coefficient (Wildman–Crippen LogP) is 3.04. The van der Waals surface area contributed by atoms with Crippen LogP contribution in [0, 0.1) is 17.5 Å². The molecule has 0 aliphatic rings. The molecule has 1 aromatic carbocycles. The van der Waals surface area contributed by atoms with Crippen LogP contribution in [0.15, 0.2) is 30.6 Å². The quantitative estimate of drug-likeness (QED) is 0.720. The second-order valence-electron chi connectivity index (χ2n) is 3.72. The van der Waals surface area contributed by atoms with Crippen molar-refractivity contribution < 1.29 is 13.2 Å². The predicted molar refractivity (Wildman–Crippen MR) is 59.2 cm³/mol. The summed E-state index contributed by atoms with van der Waals surface area (Å²) in [4.78, 5) is 10.6. The van der Waals surface area contributed by atoms with Gasteiger partial charge in [-0.3, -0.25) is 4.98 Å². The molecule has 2 aromatic heterocycles. The number of hydrogen-bond acceptors (Lipinski definition) is 2. The third-order valence-electron chi connectivity index (χ3n) is 2.53. The number of hydrogen-bond donors (Lipinski definition) is 1. The Kier molecular flexibility index (Phi) is 2.29. The van der Waals surface area contributed by atoms with Gasteiger partial charge < -0.3 is 4.98 Å². The molecule has 1 N–H and O–H groups in total. The van der Waals surface area contributed by atoms with Crippen molar-refractivity contribution in [2.24, 2.45) is 0 Å². The molecule has 18 heavy (non-hydrogen) atoms. The maximum atomic E-state index is 13.6. The standard InChI is InChI=1S/C12H6F3N3/c13-6-3-7(14)11(8(15)4-6)12-17-9-1-2-16-5-10(9)18-12/h1-5H,(H,17,18). The van der Waals surface area contributed by atoms with Crippen LogP contribution in [0.3, 0.4) is 0 Å². The molecule has 0 saturated carbocycles. The molecule has 0 fully saturated rings. The first-order valence-corrected chi connectivity index (χ1v) is 5.10. The molecule has 0 saturated heterocycles. The van der Waals surface area contributed by atoms with Gasteiger partial charge in [-0.2, -0.15) is 0 Å². The minimum Gasteiger partial charge on any atom is -0.337 e. The highest BCUT2D eigenvalue weighted by atomic mass is 19.1. The fourth-order valence-electron chi connectivity index (χ4n) is 1.74. The average Bonchev–Trinajstić information content (AvgIpc) is 2.70. The Balaban J connectivity index is 2.26. The van der Waals surface area contributed by atoms with Gasteiger partial charge in [-0.15, -0.1) is 0 Å². The molecule has 3 nitrogen and oxygen atoms in total. The number of aromatic nitrogens is 3. The van der Waals surface area contributed by atoms with Crippen LogP contribution >= 0.6 is 0 Å². The van der Waals surface area contributed by atoms with Gasteiger partial charge in [0.2, 0.25) is 0 Å². The Morgan fingerprint density at radius 3 is 2.44 bits per heavy atom. The number of H-pyrrole nitrogens is 1. The van der Waals surface area contributed by atoms with Crippen LogP contribution < -0.4 is 0 Å². The lowest BCUT2D eigenvalue weighted by Gasteiger charge is -2.01. The van der Waals surface area contributed by atoms with Crippen molar-refractivity contribution in [1.29, 1.82) is 0 Å². The van der Waals surface area contributed by atoms with E-state index in [2.05, 4.69) is 15.0 Å². The Morgan fingerprint density at radius 2 is 1.78 bits per heavy atom. The van der Waals surface area contributed by atoms with Gasteiger partial charge in [0.05, 0.1) is 22.8 Å². The number of halogens is 3. The van der Waals surface area contributed by atoms with E-state index in [0.717, 1.165) is 0 Å². The summed E-state index contributed by atoms with van der Waals surface area (Å²) in [5.74, 6) is -2.96. The van der Waals surface area contributed by atoms with Crippen molar-refractivity contribution in [2.75, 3.05) is 0 Å². The number of rotatable bonds is 1. The number of fused-ring (bicyclic) bond motifs is 1. The smallest absolute Gasteiger partial charge is 0.144 e. The summed E-state index contributed by atoms with van der Waals surface area (Å²) in [7, 11) is 0. The maximum Gasteiger partial charge on any atom is 0.144 e. The number of imidazole rings is 1. The molecular weight excluding hydrogens is 243 g/mol. The van der Waals surface area contributed by atoms with Crippen molar-refractivity contribution >= 4 is 11.0 Å². The van der Waals surface area contributed by atoms with E-state index < -0.39 is 17.5 Å². The van der Waals surface area contributed by atoms with Crippen molar-refractivity contribution in [3.05, 3.63) is 48.0 Å². The van der Waals surface area contributed by atoms with Gasteiger partial charge in [-0.1, -0.05) is 0 Å². The minimum atomic E-state index is -1.00. The highest BCUT2D eigenvalue weighted by molar-refractivity contribution is 5.78. The van der Waals surface area contributed by atoms with Crippen molar-refractivity contribution in [1.82, 2.24) is 15.0 Å². The van der Waals surface area contributed by atoms with E-state index in [0.29, 0.717) is 23.2 Å². The Morgan fingerprint density at radius 1 is 1.06 bits per heavy atom. The lowest BCUT2D eigenvalue weighted by Crippen LogP contribution is -1.93. The van der Waals surface area contributed by atoms with E-state index in [-0.39, 0.29) is 11.4 Å². The number of pyridine rings is 1. The van der Waals surface area contributed by atoms with Crippen LogP contribution in [-0.4, -0.2) is 15.0 Å². The third kappa shape index (κ3) is 1.62. The van der Waals surface area contributed by atoms with Crippen molar-refractivity contribution in [3.8, 4) is 11.4 Å². The molecule has 90 valence electrons. The fraction of sp³-hybridized carbons (Fsp3) is 0. The molecule has 6 heteroatoms. The summed E-state index contributed by atoms with van der Waals surface area (Å²) < 4.78 is 39.9. The SMILES string of the molecule is Fc1cc(F)c(-c2nc3ccncc3[nH]2)c(F)c1. The van der Waals surface area contributed by atoms with Gasteiger partial charge in [0.15, 0.2) is 0 Å². The minimum absolute atomic E-state index is 0.00741. The fourth-order valence-corrected chi connectivity index (χ4v) is 1.74. The summed E-state index contributed by atoms with van der Waals surface area (Å²) >= 11 is 0. The van der Waals surface area contributed by atoms with Crippen LogP contribution in [-0.2, 0) is 0 Å². The van der Waals surface area contributed by atoms with E-state index in [4.69, 9.17) is 0 Å². The summed E-state index contributed by atoms with van der Waals surface area (Å²) in [6, 6.07) is 2.84. The summed E-state index contributed by atoms with van der Waals surface area (Å²) in [6.45, 7) is 0. The average molecular weight is 249 g/mol. The molecule has 3 aromatic rings. The van der Waals surface area contributed by atoms with E-state index >= 15 is 0 Å². The van der Waals surface area contributed by atoms with Gasteiger partial charge >= 0.3 is 0 Å². The largest absolute Gasteiger partial charge is 0.337 e. The molecule has 0 unspecified atom stereocenters. The molecule has 0 spiro atoms. The highest BCUT2D eigenvalue weighted by Gasteiger charge is 2.16. The van der Waals surface area contributed by atoms with E-state index in [9.17, 15) is 13.2 Å². The molecule has 3 rings (SSSR count). The number of nitrogens with one attached hydrogen (secondary N) is 1. The summed E-state index contributed by atoms with van der Waals surface area (Å²) in [5, 5.41) is 0. The zero-order valence-electron chi connectivity index (χ0n) is 8.92. The molecule has 0 bridgehead atoms. The Hall–Kier alpha value is -2.37. The second kappa shape index (κ2) is 3.83. The summed E-state index contributed by atoms with van der Waals surface area (Å²) in [6.07, 6.45) is 3.01. The first-order chi connectivity index (χ1) is 8.65. The lowest BCUT2D eigenvalue weighted by atomic mass is 10.2. The Bertz CT molecular complexity index is 680. The topological polar surface area (TPSA) is 41.6 Å². The molecule has 0 amide bonds. The highest BCUT2D eigenvalue weighted by Crippen LogP contribution is 2.26. The zero-order valence-corrected chi connectivity index (χ0v) is 8.92. The van der Waals surface area contributed by atoms with E-state index in [1.807, 2.05) is 0 Å². The molecule has 0 atom stereocenters. The zero-order chi connectivity index (χ0) is 12.7. The third-order valence-corrected chi connectivity index (χ3v) is 2.53. The van der Waals surface area contributed by atoms with Gasteiger partial charge in [0, 0.05) is 18.3 Å². The molecular formula is C12H6F3N3. The van der Waals surface area contributed by atoms with Gasteiger partial charge in [-0.25, -0.2) is 18.2 Å². The van der Waals surface area contributed by atoms with E-state index in [1.165, 1.54) is 12.4 Å². The first kappa shape index (κ1) is 10.8. The number of aromatic amines is 1. The maximum absolute atomic E-state index is 13.6.